The molecule has 3 N–H and O–H groups in total. The van der Waals surface area contributed by atoms with Crippen molar-refractivity contribution in [3.63, 3.8) is 0 Å². The van der Waals surface area contributed by atoms with Crippen LogP contribution in [-0.2, 0) is 14.2 Å². The number of aliphatic hydroxyl groups excluding tert-OH is 2. The van der Waals surface area contributed by atoms with Crippen molar-refractivity contribution in [1.82, 2.24) is 0 Å². The van der Waals surface area contributed by atoms with E-state index in [1.54, 1.807) is 0 Å². The van der Waals surface area contributed by atoms with E-state index in [2.05, 4.69) is 0 Å². The topological polar surface area (TPSA) is 88.4 Å². The Morgan fingerprint density at radius 2 is 1.74 bits per heavy atom. The third kappa shape index (κ3) is 3.29. The Morgan fingerprint density at radius 3 is 2.41 bits per heavy atom. The van der Waals surface area contributed by atoms with Crippen LogP contribution in [0.15, 0.2) is 54.6 Å². The summed E-state index contributed by atoms with van der Waals surface area (Å²) in [6, 6.07) is 17.0. The molecule has 2 heterocycles. The molecule has 0 radical (unpaired) electrons. The van der Waals surface area contributed by atoms with Crippen LogP contribution in [0.4, 0.5) is 0 Å². The first-order chi connectivity index (χ1) is 13.0. The first-order valence-electron chi connectivity index (χ1n) is 9.08. The minimum atomic E-state index is -1.47. The summed E-state index contributed by atoms with van der Waals surface area (Å²) in [5.41, 5.74) is 1.23. The molecule has 2 aliphatic heterocycles. The largest absolute Gasteiger partial charge is 0.394 e. The van der Waals surface area contributed by atoms with Crippen LogP contribution in [0.1, 0.15) is 29.1 Å². The molecule has 27 heavy (non-hydrogen) atoms. The van der Waals surface area contributed by atoms with Gasteiger partial charge in [-0.25, -0.2) is 0 Å². The second-order valence-corrected chi connectivity index (χ2v) is 7.24. The maximum Gasteiger partial charge on any atom is 0.184 e. The minimum absolute atomic E-state index is 0.00950. The molecule has 144 valence electrons. The molecule has 2 aliphatic rings. The van der Waals surface area contributed by atoms with Gasteiger partial charge in [-0.1, -0.05) is 60.2 Å². The molecule has 6 atom stereocenters. The van der Waals surface area contributed by atoms with Crippen LogP contribution < -0.4 is 0 Å². The smallest absolute Gasteiger partial charge is 0.184 e. The number of rotatable bonds is 4. The molecule has 6 nitrogen and oxygen atoms in total. The first kappa shape index (κ1) is 18.6. The molecular formula is C21H24O6. The Balaban J connectivity index is 1.65. The van der Waals surface area contributed by atoms with Gasteiger partial charge in [-0.05, 0) is 12.5 Å². The summed E-state index contributed by atoms with van der Waals surface area (Å²) in [6.45, 7) is 1.50. The van der Waals surface area contributed by atoms with Gasteiger partial charge in [-0.15, -0.1) is 0 Å². The molecular weight excluding hydrogens is 348 g/mol. The standard InChI is InChI=1S/C21H24O6/c1-13-7-9-15(10-8-13)20-25-12-21(24)18(14-5-3-2-4-6-14)26-17(16(23)11-22)19(21)27-20/h2-10,16-20,22-24H,11-12H2,1H3/t16?,17-,18?,19+,20?,21-/m1/s1. The molecule has 2 saturated heterocycles. The summed E-state index contributed by atoms with van der Waals surface area (Å²) in [4.78, 5) is 0. The van der Waals surface area contributed by atoms with Crippen LogP contribution in [0.3, 0.4) is 0 Å². The Kier molecular flexibility index (Phi) is 5.03. The third-order valence-electron chi connectivity index (χ3n) is 5.29. The van der Waals surface area contributed by atoms with Gasteiger partial charge < -0.3 is 29.5 Å². The lowest BCUT2D eigenvalue weighted by atomic mass is 9.85. The number of aryl methyl sites for hydroxylation is 1. The SMILES string of the molecule is Cc1ccc(C2OC[C@@]3(O)C(c4ccccc4)O[C@H](C(O)CO)[C@@H]3O2)cc1. The fourth-order valence-corrected chi connectivity index (χ4v) is 3.80. The van der Waals surface area contributed by atoms with Gasteiger partial charge >= 0.3 is 0 Å². The van der Waals surface area contributed by atoms with E-state index in [1.807, 2.05) is 61.5 Å². The van der Waals surface area contributed by atoms with E-state index in [4.69, 9.17) is 14.2 Å². The van der Waals surface area contributed by atoms with Gasteiger partial charge in [0.05, 0.1) is 13.2 Å². The van der Waals surface area contributed by atoms with Crippen molar-refractivity contribution in [2.24, 2.45) is 0 Å². The van der Waals surface area contributed by atoms with Gasteiger partial charge in [0.15, 0.2) is 6.29 Å². The molecule has 0 spiro atoms. The highest BCUT2D eigenvalue weighted by Gasteiger charge is 2.61. The van der Waals surface area contributed by atoms with Gasteiger partial charge in [0.25, 0.3) is 0 Å². The van der Waals surface area contributed by atoms with E-state index in [0.29, 0.717) is 0 Å². The molecule has 4 rings (SSSR count). The van der Waals surface area contributed by atoms with Crippen LogP contribution in [0.5, 0.6) is 0 Å². The van der Waals surface area contributed by atoms with E-state index in [0.717, 1.165) is 16.7 Å². The van der Waals surface area contributed by atoms with Crippen LogP contribution in [-0.4, -0.2) is 52.4 Å². The molecule has 0 aromatic heterocycles. The zero-order chi connectivity index (χ0) is 19.0. The van der Waals surface area contributed by atoms with Gasteiger partial charge in [-0.3, -0.25) is 0 Å². The van der Waals surface area contributed by atoms with Crippen LogP contribution in [0.25, 0.3) is 0 Å². The van der Waals surface area contributed by atoms with E-state index in [9.17, 15) is 15.3 Å². The number of hydrogen-bond donors (Lipinski definition) is 3. The molecule has 0 amide bonds. The molecule has 2 aromatic rings. The quantitative estimate of drug-likeness (QED) is 0.756. The Hall–Kier alpha value is -1.80. The predicted octanol–water partition coefficient (Wildman–Crippen LogP) is 1.63. The van der Waals surface area contributed by atoms with Crippen LogP contribution in [0, 0.1) is 6.92 Å². The Bertz CT molecular complexity index is 764. The predicted molar refractivity (Wildman–Crippen MR) is 96.8 cm³/mol. The van der Waals surface area contributed by atoms with Crippen molar-refractivity contribution < 1.29 is 29.5 Å². The maximum absolute atomic E-state index is 11.4. The maximum atomic E-state index is 11.4. The van der Waals surface area contributed by atoms with E-state index in [1.165, 1.54) is 0 Å². The number of ether oxygens (including phenoxy) is 3. The highest BCUT2D eigenvalue weighted by molar-refractivity contribution is 5.27. The summed E-state index contributed by atoms with van der Waals surface area (Å²) >= 11 is 0. The highest BCUT2D eigenvalue weighted by Crippen LogP contribution is 2.48. The zero-order valence-electron chi connectivity index (χ0n) is 15.1. The summed E-state index contributed by atoms with van der Waals surface area (Å²) in [7, 11) is 0. The second kappa shape index (κ2) is 7.31. The third-order valence-corrected chi connectivity index (χ3v) is 5.29. The van der Waals surface area contributed by atoms with Gasteiger partial charge in [0.2, 0.25) is 0 Å². The van der Waals surface area contributed by atoms with Crippen molar-refractivity contribution in [1.29, 1.82) is 0 Å². The average molecular weight is 372 g/mol. The Morgan fingerprint density at radius 1 is 1.04 bits per heavy atom. The summed E-state index contributed by atoms with van der Waals surface area (Å²) in [6.07, 6.45) is -4.30. The summed E-state index contributed by atoms with van der Waals surface area (Å²) in [5.74, 6) is 0. The lowest BCUT2D eigenvalue weighted by Crippen LogP contribution is -2.56. The van der Waals surface area contributed by atoms with E-state index < -0.39 is 42.9 Å². The molecule has 0 aliphatic carbocycles. The monoisotopic (exact) mass is 372 g/mol. The fourth-order valence-electron chi connectivity index (χ4n) is 3.80. The Labute approximate surface area is 157 Å². The number of benzene rings is 2. The molecule has 0 bridgehead atoms. The number of aliphatic hydroxyl groups is 3. The van der Waals surface area contributed by atoms with Gasteiger partial charge in [0.1, 0.15) is 30.0 Å². The van der Waals surface area contributed by atoms with Crippen molar-refractivity contribution in [3.05, 3.63) is 71.3 Å². The average Bonchev–Trinajstić information content (AvgIpc) is 3.01. The van der Waals surface area contributed by atoms with Crippen molar-refractivity contribution in [3.8, 4) is 0 Å². The summed E-state index contributed by atoms with van der Waals surface area (Å²) < 4.78 is 17.9. The van der Waals surface area contributed by atoms with Gasteiger partial charge in [-0.2, -0.15) is 0 Å². The summed E-state index contributed by atoms with van der Waals surface area (Å²) in [5, 5.41) is 31.1. The van der Waals surface area contributed by atoms with Gasteiger partial charge in [0, 0.05) is 5.56 Å². The molecule has 0 saturated carbocycles. The lowest BCUT2D eigenvalue weighted by Gasteiger charge is -2.41. The van der Waals surface area contributed by atoms with Crippen molar-refractivity contribution in [2.45, 2.75) is 43.2 Å². The van der Waals surface area contributed by atoms with Crippen molar-refractivity contribution >= 4 is 0 Å². The van der Waals surface area contributed by atoms with Crippen molar-refractivity contribution in [2.75, 3.05) is 13.2 Å². The lowest BCUT2D eigenvalue weighted by molar-refractivity contribution is -0.292. The first-order valence-corrected chi connectivity index (χ1v) is 9.08. The molecule has 3 unspecified atom stereocenters. The minimum Gasteiger partial charge on any atom is -0.394 e. The fraction of sp³-hybridized carbons (Fsp3) is 0.429. The molecule has 2 aromatic carbocycles. The van der Waals surface area contributed by atoms with E-state index in [-0.39, 0.29) is 6.61 Å². The van der Waals surface area contributed by atoms with E-state index >= 15 is 0 Å². The van der Waals surface area contributed by atoms with Crippen LogP contribution >= 0.6 is 0 Å². The second-order valence-electron chi connectivity index (χ2n) is 7.24. The normalized spacial score (nSPS) is 34.2. The highest BCUT2D eigenvalue weighted by atomic mass is 16.7. The number of fused-ring (bicyclic) bond motifs is 1. The van der Waals surface area contributed by atoms with Crippen LogP contribution in [0.2, 0.25) is 0 Å². The molecule has 6 heteroatoms. The number of hydrogen-bond acceptors (Lipinski definition) is 6. The molecule has 2 fully saturated rings. The zero-order valence-corrected chi connectivity index (χ0v) is 15.1.